The summed E-state index contributed by atoms with van der Waals surface area (Å²) >= 11 is 0. The minimum absolute atomic E-state index is 0.0696. The van der Waals surface area contributed by atoms with E-state index in [0.717, 1.165) is 0 Å². The summed E-state index contributed by atoms with van der Waals surface area (Å²) in [5.74, 6) is 0. The van der Waals surface area contributed by atoms with Crippen LogP contribution in [0.3, 0.4) is 0 Å². The molecule has 2 saturated heterocycles. The van der Waals surface area contributed by atoms with Gasteiger partial charge in [-0.05, 0) is 6.92 Å². The van der Waals surface area contributed by atoms with Gasteiger partial charge in [0.25, 0.3) is 0 Å². The molecule has 10 N–H and O–H groups in total. The molecule has 2 fully saturated rings. The van der Waals surface area contributed by atoms with E-state index in [1.165, 1.54) is 6.92 Å². The number of aliphatic hydroxyl groups excluding tert-OH is 10. The predicted octanol–water partition coefficient (Wildman–Crippen LogP) is -6.70. The summed E-state index contributed by atoms with van der Waals surface area (Å²) in [6.45, 7) is -0.449. The third kappa shape index (κ3) is 6.22. The second-order valence-electron chi connectivity index (χ2n) is 7.96. The largest absolute Gasteiger partial charge is 0.394 e. The fourth-order valence-corrected chi connectivity index (χ4v) is 3.48. The van der Waals surface area contributed by atoms with Crippen molar-refractivity contribution in [2.24, 2.45) is 0 Å². The van der Waals surface area contributed by atoms with Crippen LogP contribution in [0.1, 0.15) is 6.92 Å². The van der Waals surface area contributed by atoms with Crippen LogP contribution in [-0.2, 0) is 23.7 Å². The molecule has 15 nitrogen and oxygen atoms in total. The minimum atomic E-state index is -2.06. The zero-order chi connectivity index (χ0) is 25.0. The molecule has 0 aromatic rings. The fraction of sp³-hybridized carbons (Fsp3) is 0.944. The summed E-state index contributed by atoms with van der Waals surface area (Å²) in [5, 5.41) is 98.5. The zero-order valence-corrected chi connectivity index (χ0v) is 17.6. The van der Waals surface area contributed by atoms with E-state index in [1.807, 2.05) is 0 Å². The molecule has 0 saturated carbocycles. The highest BCUT2D eigenvalue weighted by molar-refractivity contribution is 5.57. The smallest absolute Gasteiger partial charge is 0.187 e. The van der Waals surface area contributed by atoms with Gasteiger partial charge in [0.1, 0.15) is 67.1 Å². The van der Waals surface area contributed by atoms with Crippen molar-refractivity contribution in [3.63, 3.8) is 0 Å². The Balaban J connectivity index is 2.27. The van der Waals surface area contributed by atoms with Crippen LogP contribution in [0.5, 0.6) is 0 Å². The molecule has 2 rings (SSSR count). The number of rotatable bonds is 10. The van der Waals surface area contributed by atoms with E-state index in [0.29, 0.717) is 0 Å². The third-order valence-electron chi connectivity index (χ3n) is 5.62. The summed E-state index contributed by atoms with van der Waals surface area (Å²) in [7, 11) is 0. The van der Waals surface area contributed by atoms with Crippen LogP contribution in [0.4, 0.5) is 0 Å². The Labute approximate surface area is 187 Å². The van der Waals surface area contributed by atoms with Gasteiger partial charge in [-0.3, -0.25) is 0 Å². The van der Waals surface area contributed by atoms with Crippen molar-refractivity contribution in [2.45, 2.75) is 92.8 Å². The van der Waals surface area contributed by atoms with Crippen molar-refractivity contribution in [3.8, 4) is 0 Å². The van der Waals surface area contributed by atoms with E-state index < -0.39 is 99.0 Å². The number of hydrogen-bond donors (Lipinski definition) is 10. The molecule has 2 aliphatic heterocycles. The molecule has 194 valence electrons. The average molecular weight is 488 g/mol. The minimum Gasteiger partial charge on any atom is -0.394 e. The average Bonchev–Trinajstić information content (AvgIpc) is 2.81. The van der Waals surface area contributed by atoms with Crippen LogP contribution in [-0.4, -0.2) is 156 Å². The number of carbonyl (C=O) groups is 1. The van der Waals surface area contributed by atoms with Crippen molar-refractivity contribution in [3.05, 3.63) is 0 Å². The topological polar surface area (TPSA) is 256 Å². The van der Waals surface area contributed by atoms with E-state index in [2.05, 4.69) is 0 Å². The first-order valence-electron chi connectivity index (χ1n) is 10.2. The fourth-order valence-electron chi connectivity index (χ4n) is 3.48. The monoisotopic (exact) mass is 488 g/mol. The molecule has 0 aromatic heterocycles. The van der Waals surface area contributed by atoms with Gasteiger partial charge in [-0.1, -0.05) is 0 Å². The first kappa shape index (κ1) is 28.3. The Morgan fingerprint density at radius 3 is 1.88 bits per heavy atom. The lowest BCUT2D eigenvalue weighted by Crippen LogP contribution is -2.62. The van der Waals surface area contributed by atoms with Gasteiger partial charge in [-0.15, -0.1) is 0 Å². The molecule has 0 aromatic carbocycles. The predicted molar refractivity (Wildman–Crippen MR) is 101 cm³/mol. The Hall–Kier alpha value is -0.890. The first-order valence-corrected chi connectivity index (χ1v) is 10.2. The van der Waals surface area contributed by atoms with Gasteiger partial charge in [0, 0.05) is 0 Å². The highest BCUT2D eigenvalue weighted by atomic mass is 16.7. The quantitative estimate of drug-likeness (QED) is 0.128. The summed E-state index contributed by atoms with van der Waals surface area (Å²) in [6, 6.07) is 0. The van der Waals surface area contributed by atoms with E-state index >= 15 is 0 Å². The second kappa shape index (κ2) is 12.2. The van der Waals surface area contributed by atoms with Gasteiger partial charge in [0.15, 0.2) is 18.9 Å². The van der Waals surface area contributed by atoms with Gasteiger partial charge < -0.3 is 74.8 Å². The highest BCUT2D eigenvalue weighted by Gasteiger charge is 2.49. The van der Waals surface area contributed by atoms with E-state index in [9.17, 15) is 55.9 Å². The maximum absolute atomic E-state index is 11.8. The summed E-state index contributed by atoms with van der Waals surface area (Å²) in [5.41, 5.74) is 0. The molecular weight excluding hydrogens is 456 g/mol. The molecule has 14 unspecified atom stereocenters. The summed E-state index contributed by atoms with van der Waals surface area (Å²) in [4.78, 5) is 11.8. The van der Waals surface area contributed by atoms with Gasteiger partial charge in [-0.25, -0.2) is 0 Å². The molecule has 33 heavy (non-hydrogen) atoms. The summed E-state index contributed by atoms with van der Waals surface area (Å²) in [6.07, 6.45) is -24.3. The summed E-state index contributed by atoms with van der Waals surface area (Å²) < 4.78 is 21.1. The number of hydrogen-bond acceptors (Lipinski definition) is 15. The van der Waals surface area contributed by atoms with Crippen LogP contribution in [0.15, 0.2) is 0 Å². The van der Waals surface area contributed by atoms with Crippen LogP contribution in [0.2, 0.25) is 0 Å². The molecule has 0 aliphatic carbocycles. The third-order valence-corrected chi connectivity index (χ3v) is 5.62. The Morgan fingerprint density at radius 1 is 0.818 bits per heavy atom. The van der Waals surface area contributed by atoms with Crippen LogP contribution in [0.25, 0.3) is 0 Å². The number of carbonyl (C=O) groups excluding carboxylic acids is 1. The van der Waals surface area contributed by atoms with Gasteiger partial charge in [-0.2, -0.15) is 0 Å². The molecule has 0 radical (unpaired) electrons. The second-order valence-corrected chi connectivity index (χ2v) is 7.96. The molecule has 2 heterocycles. The van der Waals surface area contributed by atoms with E-state index in [4.69, 9.17) is 18.9 Å². The van der Waals surface area contributed by atoms with Crippen LogP contribution >= 0.6 is 0 Å². The molecule has 0 amide bonds. The molecule has 0 bridgehead atoms. The number of aliphatic hydroxyl groups is 10. The standard InChI is InChI=1S/C18H32O15/c1-5-9(23)12(26)14(28)17(30-5)32-8(4-21)16(10(24)6(22)2-19)33-18-15(29)13(27)11(25)7(3-20)31-18/h4-20,22-29H,2-3H2,1H3. The molecule has 14 atom stereocenters. The van der Waals surface area contributed by atoms with Crippen LogP contribution in [0, 0.1) is 0 Å². The lowest BCUT2D eigenvalue weighted by atomic mass is 9.98. The van der Waals surface area contributed by atoms with Crippen molar-refractivity contribution < 1.29 is 74.8 Å². The number of ether oxygens (including phenoxy) is 4. The number of aldehydes is 1. The Bertz CT molecular complexity index is 607. The zero-order valence-electron chi connectivity index (χ0n) is 17.6. The maximum Gasteiger partial charge on any atom is 0.187 e. The SMILES string of the molecule is CC1OC(OC(C=O)C(OC2OC(CO)C(O)C(O)C2O)C(O)C(O)CO)C(O)C(O)C1O. The lowest BCUT2D eigenvalue weighted by Gasteiger charge is -2.43. The molecule has 0 spiro atoms. The van der Waals surface area contributed by atoms with Gasteiger partial charge in [0.2, 0.25) is 0 Å². The van der Waals surface area contributed by atoms with Crippen molar-refractivity contribution in [1.29, 1.82) is 0 Å². The van der Waals surface area contributed by atoms with Gasteiger partial charge in [0.05, 0.1) is 19.3 Å². The van der Waals surface area contributed by atoms with Crippen LogP contribution < -0.4 is 0 Å². The molecule has 2 aliphatic rings. The molecular formula is C18H32O15. The maximum atomic E-state index is 11.8. The van der Waals surface area contributed by atoms with Crippen molar-refractivity contribution in [2.75, 3.05) is 13.2 Å². The van der Waals surface area contributed by atoms with Gasteiger partial charge >= 0.3 is 0 Å². The highest BCUT2D eigenvalue weighted by Crippen LogP contribution is 2.28. The lowest BCUT2D eigenvalue weighted by molar-refractivity contribution is -0.342. The van der Waals surface area contributed by atoms with Crippen molar-refractivity contribution >= 4 is 6.29 Å². The molecule has 15 heteroatoms. The van der Waals surface area contributed by atoms with E-state index in [-0.39, 0.29) is 6.29 Å². The normalized spacial score (nSPS) is 43.5. The van der Waals surface area contributed by atoms with Crippen molar-refractivity contribution in [1.82, 2.24) is 0 Å². The Kier molecular flexibility index (Phi) is 10.5. The van der Waals surface area contributed by atoms with E-state index in [1.54, 1.807) is 0 Å². The Morgan fingerprint density at radius 2 is 1.36 bits per heavy atom. The first-order chi connectivity index (χ1) is 15.5.